The number of carboxylic acid groups (broad SMARTS) is 3. The maximum atomic E-state index is 11.7. The molecule has 0 aliphatic carbocycles. The van der Waals surface area contributed by atoms with Crippen LogP contribution in [0, 0.1) is 0 Å². The Labute approximate surface area is 132 Å². The Morgan fingerprint density at radius 1 is 1.04 bits per heavy atom. The molecule has 0 aromatic rings. The molecule has 0 spiro atoms. The van der Waals surface area contributed by atoms with Crippen LogP contribution in [-0.4, -0.2) is 90.1 Å². The van der Waals surface area contributed by atoms with Crippen LogP contribution in [0.25, 0.3) is 0 Å². The van der Waals surface area contributed by atoms with E-state index in [-0.39, 0.29) is 0 Å². The van der Waals surface area contributed by atoms with Crippen LogP contribution in [-0.2, 0) is 28.7 Å². The third kappa shape index (κ3) is 1.91. The number of fused-ring (bicyclic) bond motifs is 2. The van der Waals surface area contributed by atoms with Crippen LogP contribution in [0.2, 0.25) is 0 Å². The molecule has 0 aromatic carbocycles. The summed E-state index contributed by atoms with van der Waals surface area (Å²) >= 11 is 0. The van der Waals surface area contributed by atoms with Crippen LogP contribution in [0.4, 0.5) is 0 Å². The molecular weight excluding hydrogens is 336 g/mol. The van der Waals surface area contributed by atoms with E-state index in [4.69, 9.17) is 14.6 Å². The van der Waals surface area contributed by atoms with Gasteiger partial charge >= 0.3 is 17.9 Å². The predicted molar refractivity (Wildman–Crippen MR) is 66.6 cm³/mol. The molecule has 2 saturated heterocycles. The molecule has 6 unspecified atom stereocenters. The Balaban J connectivity index is 2.74. The van der Waals surface area contributed by atoms with Gasteiger partial charge in [0.05, 0.1) is 0 Å². The number of hydrogen-bond acceptors (Lipinski definition) is 9. The summed E-state index contributed by atoms with van der Waals surface area (Å²) in [5.74, 6) is -9.13. The zero-order valence-electron chi connectivity index (χ0n) is 11.9. The maximum Gasteiger partial charge on any atom is 0.343 e. The number of aldehydes is 1. The van der Waals surface area contributed by atoms with E-state index < -0.39 is 66.1 Å². The minimum atomic E-state index is -3.76. The van der Waals surface area contributed by atoms with Crippen molar-refractivity contribution >= 4 is 24.2 Å². The number of carbonyl (C=O) groups is 4. The molecule has 2 aliphatic rings. The molecule has 134 valence electrons. The van der Waals surface area contributed by atoms with Gasteiger partial charge in [0, 0.05) is 12.8 Å². The third-order valence-electron chi connectivity index (χ3n) is 4.24. The molecule has 2 heterocycles. The number of aliphatic hydroxyl groups excluding tert-OH is 2. The Morgan fingerprint density at radius 2 is 1.62 bits per heavy atom. The second-order valence-corrected chi connectivity index (χ2v) is 5.46. The van der Waals surface area contributed by atoms with Crippen LogP contribution in [0.1, 0.15) is 12.8 Å². The van der Waals surface area contributed by atoms with E-state index >= 15 is 0 Å². The average molecular weight is 350 g/mol. The average Bonchev–Trinajstić information content (AvgIpc) is 2.70. The van der Waals surface area contributed by atoms with E-state index in [0.717, 1.165) is 0 Å². The van der Waals surface area contributed by atoms with Gasteiger partial charge in [-0.1, -0.05) is 0 Å². The highest BCUT2D eigenvalue weighted by atomic mass is 16.8. The smallest absolute Gasteiger partial charge is 0.343 e. The van der Waals surface area contributed by atoms with Crippen molar-refractivity contribution in [3.8, 4) is 0 Å². The molecule has 2 bridgehead atoms. The van der Waals surface area contributed by atoms with Gasteiger partial charge in [0.2, 0.25) is 17.3 Å². The number of aliphatic carboxylic acids is 3. The van der Waals surface area contributed by atoms with Crippen molar-refractivity contribution in [2.24, 2.45) is 0 Å². The zero-order chi connectivity index (χ0) is 18.5. The number of aliphatic hydroxyl groups is 3. The summed E-state index contributed by atoms with van der Waals surface area (Å²) in [4.78, 5) is 45.0. The van der Waals surface area contributed by atoms with Crippen LogP contribution in [0.15, 0.2) is 0 Å². The van der Waals surface area contributed by atoms with Gasteiger partial charge in [-0.05, 0) is 0 Å². The summed E-state index contributed by atoms with van der Waals surface area (Å²) in [6.45, 7) is 0. The van der Waals surface area contributed by atoms with E-state index in [1.165, 1.54) is 0 Å². The first kappa shape index (κ1) is 18.2. The summed E-state index contributed by atoms with van der Waals surface area (Å²) < 4.78 is 9.82. The Morgan fingerprint density at radius 3 is 2.04 bits per heavy atom. The Hall–Kier alpha value is -2.12. The summed E-state index contributed by atoms with van der Waals surface area (Å²) in [5, 5.41) is 58.3. The minimum Gasteiger partial charge on any atom is -0.479 e. The molecule has 12 nitrogen and oxygen atoms in total. The Bertz CT molecular complexity index is 603. The number of carbonyl (C=O) groups excluding carboxylic acids is 1. The lowest BCUT2D eigenvalue weighted by Crippen LogP contribution is -2.77. The summed E-state index contributed by atoms with van der Waals surface area (Å²) in [7, 11) is 0. The first-order valence-corrected chi connectivity index (χ1v) is 6.61. The highest BCUT2D eigenvalue weighted by Gasteiger charge is 2.84. The molecule has 6 N–H and O–H groups in total. The van der Waals surface area contributed by atoms with Crippen LogP contribution < -0.4 is 0 Å². The third-order valence-corrected chi connectivity index (χ3v) is 4.24. The van der Waals surface area contributed by atoms with Gasteiger partial charge in [-0.25, -0.2) is 14.4 Å². The largest absolute Gasteiger partial charge is 0.479 e. The number of rotatable bonds is 6. The summed E-state index contributed by atoms with van der Waals surface area (Å²) in [6, 6.07) is 0. The molecule has 24 heavy (non-hydrogen) atoms. The molecule has 0 amide bonds. The molecular formula is C12H14O12. The standard InChI is InChI=1S/C12H14O12/c13-3-1-2-10-4(14)5(15)12(24-10,9(20)21)11(22,8(18)19)6(23-10)7(16)17/h3-6,14-15,22H,1-2H2,(H,16,17)(H,18,19)(H,20,21). The Kier molecular flexibility index (Phi) is 4.14. The van der Waals surface area contributed by atoms with Crippen molar-refractivity contribution < 1.29 is 59.3 Å². The SMILES string of the molecule is O=CCCC12OC(C(=O)O)C(O)(C(=O)O)C(C(=O)O)(O1)C(O)C2O. The fourth-order valence-corrected chi connectivity index (χ4v) is 3.08. The zero-order valence-corrected chi connectivity index (χ0v) is 11.9. The van der Waals surface area contributed by atoms with Crippen molar-refractivity contribution in [2.75, 3.05) is 0 Å². The van der Waals surface area contributed by atoms with E-state index in [0.29, 0.717) is 6.29 Å². The van der Waals surface area contributed by atoms with Crippen molar-refractivity contribution in [1.82, 2.24) is 0 Å². The van der Waals surface area contributed by atoms with Gasteiger partial charge in [0.1, 0.15) is 18.5 Å². The lowest BCUT2D eigenvalue weighted by atomic mass is 9.74. The molecule has 0 aromatic heterocycles. The van der Waals surface area contributed by atoms with Gasteiger partial charge in [-0.2, -0.15) is 0 Å². The van der Waals surface area contributed by atoms with Gasteiger partial charge in [0.15, 0.2) is 5.79 Å². The van der Waals surface area contributed by atoms with Crippen LogP contribution in [0.5, 0.6) is 0 Å². The van der Waals surface area contributed by atoms with E-state index in [1.807, 2.05) is 0 Å². The topological polar surface area (TPSA) is 208 Å². The van der Waals surface area contributed by atoms with Crippen molar-refractivity contribution in [1.29, 1.82) is 0 Å². The normalized spacial score (nSPS) is 44.0. The number of hydrogen-bond donors (Lipinski definition) is 6. The fraction of sp³-hybridized carbons (Fsp3) is 0.667. The summed E-state index contributed by atoms with van der Waals surface area (Å²) in [5.41, 5.74) is -7.19. The molecule has 6 atom stereocenters. The predicted octanol–water partition coefficient (Wildman–Crippen LogP) is -3.46. The summed E-state index contributed by atoms with van der Waals surface area (Å²) in [6.07, 6.45) is -8.12. The second kappa shape index (κ2) is 5.46. The first-order chi connectivity index (χ1) is 11.0. The van der Waals surface area contributed by atoms with Crippen molar-refractivity contribution in [3.05, 3.63) is 0 Å². The van der Waals surface area contributed by atoms with Crippen LogP contribution >= 0.6 is 0 Å². The lowest BCUT2D eigenvalue weighted by Gasteiger charge is -2.48. The van der Waals surface area contributed by atoms with E-state index in [9.17, 15) is 44.7 Å². The quantitative estimate of drug-likeness (QED) is 0.258. The van der Waals surface area contributed by atoms with Crippen LogP contribution in [0.3, 0.4) is 0 Å². The minimum absolute atomic E-state index is 0.328. The molecule has 2 fully saturated rings. The highest BCUT2D eigenvalue weighted by molar-refractivity contribution is 5.97. The molecule has 0 radical (unpaired) electrons. The highest BCUT2D eigenvalue weighted by Crippen LogP contribution is 2.54. The molecule has 2 rings (SSSR count). The number of carboxylic acids is 3. The molecule has 12 heteroatoms. The monoisotopic (exact) mass is 350 g/mol. The van der Waals surface area contributed by atoms with Gasteiger partial charge in [-0.15, -0.1) is 0 Å². The van der Waals surface area contributed by atoms with E-state index in [1.54, 1.807) is 0 Å². The van der Waals surface area contributed by atoms with Gasteiger partial charge in [-0.3, -0.25) is 0 Å². The van der Waals surface area contributed by atoms with Crippen molar-refractivity contribution in [3.63, 3.8) is 0 Å². The maximum absolute atomic E-state index is 11.7. The van der Waals surface area contributed by atoms with Gasteiger partial charge < -0.3 is 44.9 Å². The molecule has 2 aliphatic heterocycles. The van der Waals surface area contributed by atoms with Crippen molar-refractivity contribution in [2.45, 2.75) is 48.1 Å². The first-order valence-electron chi connectivity index (χ1n) is 6.61. The fourth-order valence-electron chi connectivity index (χ4n) is 3.08. The molecule has 0 saturated carbocycles. The second-order valence-electron chi connectivity index (χ2n) is 5.46. The number of ether oxygens (including phenoxy) is 2. The lowest BCUT2D eigenvalue weighted by molar-refractivity contribution is -0.373. The van der Waals surface area contributed by atoms with Gasteiger partial charge in [0.25, 0.3) is 0 Å². The van der Waals surface area contributed by atoms with E-state index in [2.05, 4.69) is 0 Å².